The molecule has 0 bridgehead atoms. The molecule has 0 saturated heterocycles. The van der Waals surface area contributed by atoms with Crippen molar-refractivity contribution in [3.05, 3.63) is 146 Å². The first-order chi connectivity index (χ1) is 25.7. The van der Waals surface area contributed by atoms with Crippen LogP contribution < -0.4 is 5.73 Å². The van der Waals surface area contributed by atoms with Gasteiger partial charge in [-0.05, 0) is 91.9 Å². The number of hydrogen-bond acceptors (Lipinski definition) is 11. The summed E-state index contributed by atoms with van der Waals surface area (Å²) in [4.78, 5) is 45.4. The fourth-order valence-corrected chi connectivity index (χ4v) is 7.92. The number of rotatable bonds is 9. The first kappa shape index (κ1) is 40.1. The van der Waals surface area contributed by atoms with Crippen molar-refractivity contribution in [3.63, 3.8) is 0 Å². The number of nitrogen functional groups attached to an aromatic ring is 1. The lowest BCUT2D eigenvalue weighted by Crippen LogP contribution is -2.00. The molecule has 2 N–H and O–H groups in total. The third-order valence-corrected chi connectivity index (χ3v) is 11.2. The van der Waals surface area contributed by atoms with Crippen molar-refractivity contribution in [2.24, 2.45) is 0 Å². The van der Waals surface area contributed by atoms with E-state index in [1.807, 2.05) is 39.0 Å². The second-order valence-electron chi connectivity index (χ2n) is 12.4. The first-order valence-electron chi connectivity index (χ1n) is 16.5. The average molecular weight is 804 g/mol. The smallest absolute Gasteiger partial charge is 0.350 e. The van der Waals surface area contributed by atoms with Crippen molar-refractivity contribution in [1.29, 1.82) is 0 Å². The highest BCUT2D eigenvalue weighted by molar-refractivity contribution is 7.14. The van der Waals surface area contributed by atoms with Gasteiger partial charge in [-0.15, -0.1) is 22.7 Å². The zero-order valence-electron chi connectivity index (χ0n) is 30.3. The molecule has 6 rings (SSSR count). The van der Waals surface area contributed by atoms with Crippen LogP contribution in [0.25, 0.3) is 22.5 Å². The molecule has 0 unspecified atom stereocenters. The first-order valence-corrected chi connectivity index (χ1v) is 18.9. The van der Waals surface area contributed by atoms with Crippen LogP contribution in [0.3, 0.4) is 0 Å². The summed E-state index contributed by atoms with van der Waals surface area (Å²) in [6.07, 6.45) is 1.10. The molecule has 10 nitrogen and oxygen atoms in total. The summed E-state index contributed by atoms with van der Waals surface area (Å²) in [5.41, 5.74) is 15.2. The van der Waals surface area contributed by atoms with Crippen LogP contribution in [0.2, 0.25) is 10.0 Å². The van der Waals surface area contributed by atoms with E-state index in [9.17, 15) is 19.7 Å². The van der Waals surface area contributed by atoms with Gasteiger partial charge in [0, 0.05) is 51.3 Å². The van der Waals surface area contributed by atoms with E-state index in [1.54, 1.807) is 55.5 Å². The predicted octanol–water partition coefficient (Wildman–Crippen LogP) is 10.4. The number of carbonyl (C=O) groups is 2. The maximum Gasteiger partial charge on any atom is 0.350 e. The highest BCUT2D eigenvalue weighted by Gasteiger charge is 2.23. The Labute approximate surface area is 330 Å². The van der Waals surface area contributed by atoms with Gasteiger partial charge >= 0.3 is 11.9 Å². The van der Waals surface area contributed by atoms with Crippen molar-refractivity contribution >= 4 is 69.2 Å². The van der Waals surface area contributed by atoms with E-state index >= 15 is 0 Å². The van der Waals surface area contributed by atoms with Crippen LogP contribution in [-0.2, 0) is 22.3 Å². The largest absolute Gasteiger partial charge is 0.465 e. The molecule has 54 heavy (non-hydrogen) atoms. The number of nitro groups is 1. The van der Waals surface area contributed by atoms with Crippen LogP contribution in [0, 0.1) is 37.8 Å². The van der Waals surface area contributed by atoms with E-state index in [1.165, 1.54) is 36.9 Å². The summed E-state index contributed by atoms with van der Waals surface area (Å²) >= 11 is 14.5. The molecular weight excluding hydrogens is 768 g/mol. The lowest BCUT2D eigenvalue weighted by atomic mass is 10.0. The molecule has 0 saturated carbocycles. The number of thiazole rings is 2. The summed E-state index contributed by atoms with van der Waals surface area (Å²) < 4.78 is 9.83. The number of carbonyl (C=O) groups excluding carboxylic acids is 2. The Balaban J connectivity index is 0.000000208. The molecule has 14 heteroatoms. The molecule has 4 aromatic carbocycles. The van der Waals surface area contributed by atoms with Gasteiger partial charge in [0.05, 0.1) is 40.5 Å². The van der Waals surface area contributed by atoms with E-state index in [-0.39, 0.29) is 16.6 Å². The van der Waals surface area contributed by atoms with Crippen molar-refractivity contribution in [2.75, 3.05) is 20.0 Å². The van der Waals surface area contributed by atoms with Gasteiger partial charge < -0.3 is 15.2 Å². The fraction of sp³-hybridized carbons (Fsp3) is 0.200. The van der Waals surface area contributed by atoms with Gasteiger partial charge in [0.1, 0.15) is 9.75 Å². The quantitative estimate of drug-likeness (QED) is 0.0653. The van der Waals surface area contributed by atoms with Gasteiger partial charge in [0.2, 0.25) is 0 Å². The molecule has 278 valence electrons. The minimum absolute atomic E-state index is 0.0949. The average Bonchev–Trinajstić information content (AvgIpc) is 3.77. The van der Waals surface area contributed by atoms with Gasteiger partial charge in [-0.1, -0.05) is 53.5 Å². The molecule has 0 spiro atoms. The Morgan fingerprint density at radius 1 is 0.685 bits per heavy atom. The molecule has 0 radical (unpaired) electrons. The fourth-order valence-electron chi connectivity index (χ4n) is 5.61. The number of nitrogens with zero attached hydrogens (tertiary/aromatic N) is 3. The summed E-state index contributed by atoms with van der Waals surface area (Å²) in [7, 11) is 2.71. The van der Waals surface area contributed by atoms with Crippen LogP contribution in [0.5, 0.6) is 0 Å². The maximum absolute atomic E-state index is 12.2. The van der Waals surface area contributed by atoms with Gasteiger partial charge in [0.15, 0.2) is 0 Å². The van der Waals surface area contributed by atoms with Crippen LogP contribution >= 0.6 is 45.9 Å². The lowest BCUT2D eigenvalue weighted by molar-refractivity contribution is -0.385. The van der Waals surface area contributed by atoms with Crippen molar-refractivity contribution in [3.8, 4) is 22.5 Å². The van der Waals surface area contributed by atoms with Crippen LogP contribution in [0.1, 0.15) is 62.7 Å². The number of aromatic nitrogens is 2. The van der Waals surface area contributed by atoms with Crippen molar-refractivity contribution in [1.82, 2.24) is 9.97 Å². The highest BCUT2D eigenvalue weighted by atomic mass is 35.5. The van der Waals surface area contributed by atoms with E-state index in [4.69, 9.17) is 43.4 Å². The Hall–Kier alpha value is -5.14. The zero-order valence-corrected chi connectivity index (χ0v) is 33.4. The molecule has 0 aliphatic rings. The number of anilines is 1. The van der Waals surface area contributed by atoms with E-state index in [0.29, 0.717) is 49.6 Å². The normalized spacial score (nSPS) is 10.7. The molecule has 0 aliphatic carbocycles. The Bertz CT molecular complexity index is 2360. The Kier molecular flexibility index (Phi) is 12.9. The van der Waals surface area contributed by atoms with E-state index < -0.39 is 5.97 Å². The van der Waals surface area contributed by atoms with Gasteiger partial charge in [-0.25, -0.2) is 19.6 Å². The summed E-state index contributed by atoms with van der Waals surface area (Å²) in [5.74, 6) is -0.839. The molecule has 0 atom stereocenters. The second kappa shape index (κ2) is 17.3. The summed E-state index contributed by atoms with van der Waals surface area (Å²) in [6, 6.07) is 21.8. The molecule has 2 aromatic heterocycles. The molecule has 0 aliphatic heterocycles. The SMILES string of the molecule is COC(=O)c1sc(Cc2cc(C)c(N)cc2C)nc1-c1ccc(Cl)cc1.COC(=O)c1sc(Cc2cc(C)c([N+](=O)[O-])cc2C)nc1-c1ccc(Cl)cc1. The molecule has 0 amide bonds. The van der Waals surface area contributed by atoms with Gasteiger partial charge in [0.25, 0.3) is 5.69 Å². The molecule has 0 fully saturated rings. The van der Waals surface area contributed by atoms with Crippen molar-refractivity contribution < 1.29 is 24.0 Å². The number of halogens is 2. The number of esters is 2. The number of hydrogen-bond donors (Lipinski definition) is 1. The third-order valence-electron chi connectivity index (χ3n) is 8.58. The van der Waals surface area contributed by atoms with E-state index in [0.717, 1.165) is 54.6 Å². The Morgan fingerprint density at radius 2 is 1.09 bits per heavy atom. The minimum atomic E-state index is -0.453. The summed E-state index contributed by atoms with van der Waals surface area (Å²) in [6.45, 7) is 7.55. The zero-order chi connectivity index (χ0) is 39.3. The van der Waals surface area contributed by atoms with E-state index in [2.05, 4.69) is 11.1 Å². The predicted molar refractivity (Wildman–Crippen MR) is 216 cm³/mol. The minimum Gasteiger partial charge on any atom is -0.465 e. The molecule has 6 aromatic rings. The maximum atomic E-state index is 12.2. The standard InChI is InChI=1S/C20H17ClN2O4S.C20H19ClN2O2S/c1-11-9-16(23(25)26)12(2)8-14(11)10-17-22-18(19(28-17)20(24)27-3)13-4-6-15(21)7-5-13;1-11-9-16(22)12(2)8-14(11)10-17-23-18(19(26-17)20(24)25-3)13-4-6-15(21)7-5-13/h4-9H,10H2,1-3H3;4-9H,10,22H2,1-3H3. The summed E-state index contributed by atoms with van der Waals surface area (Å²) in [5, 5.41) is 13.9. The van der Waals surface area contributed by atoms with Gasteiger partial charge in [-0.2, -0.15) is 0 Å². The third kappa shape index (κ3) is 9.31. The number of nitrogens with two attached hydrogens (primary N) is 1. The highest BCUT2D eigenvalue weighted by Crippen LogP contribution is 2.34. The Morgan fingerprint density at radius 3 is 1.50 bits per heavy atom. The molecule has 2 heterocycles. The number of aryl methyl sites for hydroxylation is 4. The van der Waals surface area contributed by atoms with Crippen LogP contribution in [0.4, 0.5) is 11.4 Å². The topological polar surface area (TPSA) is 148 Å². The van der Waals surface area contributed by atoms with Gasteiger partial charge in [-0.3, -0.25) is 10.1 Å². The molecular formula is C40H36Cl2N4O6S2. The monoisotopic (exact) mass is 802 g/mol. The number of methoxy groups -OCH3 is 2. The number of benzene rings is 4. The lowest BCUT2D eigenvalue weighted by Gasteiger charge is -2.08. The van der Waals surface area contributed by atoms with Crippen LogP contribution in [-0.4, -0.2) is 41.0 Å². The van der Waals surface area contributed by atoms with Crippen molar-refractivity contribution in [2.45, 2.75) is 40.5 Å². The van der Waals surface area contributed by atoms with Crippen LogP contribution in [0.15, 0.2) is 72.8 Å². The number of nitro benzene ring substituents is 1. The second-order valence-corrected chi connectivity index (χ2v) is 15.4. The number of ether oxygens (including phenoxy) is 2.